The number of hydrogen-bond acceptors (Lipinski definition) is 3. The molecule has 0 aliphatic heterocycles. The van der Waals surface area contributed by atoms with Crippen LogP contribution >= 0.6 is 0 Å². The van der Waals surface area contributed by atoms with Gasteiger partial charge in [-0.3, -0.25) is 4.79 Å². The number of amidine groups is 1. The smallest absolute Gasteiger partial charge is 0.226 e. The lowest BCUT2D eigenvalue weighted by Gasteiger charge is -2.25. The third kappa shape index (κ3) is 2.62. The van der Waals surface area contributed by atoms with Gasteiger partial charge < -0.3 is 15.8 Å². The number of hydrogen-bond donors (Lipinski definition) is 2. The van der Waals surface area contributed by atoms with E-state index >= 15 is 0 Å². The van der Waals surface area contributed by atoms with Gasteiger partial charge in [-0.2, -0.15) is 0 Å². The molecule has 4 unspecified atom stereocenters. The molecule has 0 aromatic carbocycles. The van der Waals surface area contributed by atoms with Gasteiger partial charge in [-0.25, -0.2) is 0 Å². The monoisotopic (exact) mass is 293 g/mol. The molecular formula is C16H27N3O2. The Morgan fingerprint density at radius 2 is 1.95 bits per heavy atom. The molecule has 5 heteroatoms. The number of carbonyl (C=O) groups excluding carboxylic acids is 1. The lowest BCUT2D eigenvalue weighted by Crippen LogP contribution is -2.38. The number of nitrogens with zero attached hydrogens (tertiary/aromatic N) is 2. The summed E-state index contributed by atoms with van der Waals surface area (Å²) in [5.74, 6) is 4.23. The molecule has 0 aromatic heterocycles. The summed E-state index contributed by atoms with van der Waals surface area (Å²) < 4.78 is 0. The molecule has 4 atom stereocenters. The number of rotatable bonds is 6. The molecule has 3 aliphatic carbocycles. The second-order valence-electron chi connectivity index (χ2n) is 7.53. The molecule has 3 aliphatic rings. The van der Waals surface area contributed by atoms with Crippen LogP contribution < -0.4 is 5.73 Å². The minimum Gasteiger partial charge on any atom is -0.409 e. The molecule has 3 fully saturated rings. The summed E-state index contributed by atoms with van der Waals surface area (Å²) in [6.07, 6.45) is 4.49. The lowest BCUT2D eigenvalue weighted by molar-refractivity contribution is -0.134. The SMILES string of the molecule is CC(C)CN(CCC(N)=NO)C(=O)C1C2C3CCC(C3)C12. The van der Waals surface area contributed by atoms with Crippen molar-refractivity contribution >= 4 is 11.7 Å². The van der Waals surface area contributed by atoms with E-state index in [0.29, 0.717) is 36.6 Å². The average molecular weight is 293 g/mol. The van der Waals surface area contributed by atoms with Gasteiger partial charge in [0, 0.05) is 25.4 Å². The Labute approximate surface area is 126 Å². The normalized spacial score (nSPS) is 36.9. The Bertz CT molecular complexity index is 433. The predicted molar refractivity (Wildman–Crippen MR) is 80.7 cm³/mol. The van der Waals surface area contributed by atoms with Crippen LogP contribution in [0.3, 0.4) is 0 Å². The quantitative estimate of drug-likeness (QED) is 0.340. The van der Waals surface area contributed by atoms with Crippen molar-refractivity contribution < 1.29 is 10.0 Å². The van der Waals surface area contributed by atoms with Crippen LogP contribution in [0, 0.1) is 35.5 Å². The van der Waals surface area contributed by atoms with Gasteiger partial charge in [-0.15, -0.1) is 0 Å². The van der Waals surface area contributed by atoms with Gasteiger partial charge in [0.25, 0.3) is 0 Å². The van der Waals surface area contributed by atoms with Crippen molar-refractivity contribution in [3.63, 3.8) is 0 Å². The van der Waals surface area contributed by atoms with E-state index in [1.54, 1.807) is 0 Å². The molecule has 0 radical (unpaired) electrons. The van der Waals surface area contributed by atoms with Crippen LogP contribution in [-0.4, -0.2) is 34.9 Å². The molecule has 3 rings (SSSR count). The molecule has 3 N–H and O–H groups in total. The Balaban J connectivity index is 1.62. The van der Waals surface area contributed by atoms with Crippen molar-refractivity contribution in [1.29, 1.82) is 0 Å². The second kappa shape index (κ2) is 5.50. The Hall–Kier alpha value is -1.26. The highest BCUT2D eigenvalue weighted by Crippen LogP contribution is 2.69. The van der Waals surface area contributed by atoms with E-state index in [1.165, 1.54) is 19.3 Å². The van der Waals surface area contributed by atoms with E-state index in [1.807, 2.05) is 4.90 Å². The zero-order chi connectivity index (χ0) is 15.1. The first-order valence-electron chi connectivity index (χ1n) is 8.28. The van der Waals surface area contributed by atoms with Crippen LogP contribution in [0.25, 0.3) is 0 Å². The number of oxime groups is 1. The van der Waals surface area contributed by atoms with Crippen LogP contribution in [0.5, 0.6) is 0 Å². The number of fused-ring (bicyclic) bond motifs is 5. The third-order valence-corrected chi connectivity index (χ3v) is 5.68. The fraction of sp³-hybridized carbons (Fsp3) is 0.875. The van der Waals surface area contributed by atoms with Crippen molar-refractivity contribution in [2.45, 2.75) is 39.5 Å². The highest BCUT2D eigenvalue weighted by molar-refractivity contribution is 5.84. The van der Waals surface area contributed by atoms with Crippen LogP contribution in [0.2, 0.25) is 0 Å². The van der Waals surface area contributed by atoms with Gasteiger partial charge in [0.2, 0.25) is 5.91 Å². The molecule has 3 saturated carbocycles. The number of amides is 1. The maximum Gasteiger partial charge on any atom is 0.226 e. The number of carbonyl (C=O) groups is 1. The predicted octanol–water partition coefficient (Wildman–Crippen LogP) is 1.90. The summed E-state index contributed by atoms with van der Waals surface area (Å²) in [5.41, 5.74) is 5.55. The van der Waals surface area contributed by atoms with E-state index < -0.39 is 0 Å². The van der Waals surface area contributed by atoms with Gasteiger partial charge in [0.15, 0.2) is 0 Å². The van der Waals surface area contributed by atoms with Crippen molar-refractivity contribution in [3.8, 4) is 0 Å². The minimum atomic E-state index is 0.201. The van der Waals surface area contributed by atoms with Gasteiger partial charge in [0.05, 0.1) is 0 Å². The largest absolute Gasteiger partial charge is 0.409 e. The van der Waals surface area contributed by atoms with Crippen LogP contribution in [0.15, 0.2) is 5.16 Å². The highest BCUT2D eigenvalue weighted by atomic mass is 16.4. The standard InChI is InChI=1S/C16H27N3O2/c1-9(2)8-19(6-5-12(17)18-21)16(20)15-13-10-3-4-11(7-10)14(13)15/h9-11,13-15,21H,3-8H2,1-2H3,(H2,17,18). The maximum atomic E-state index is 12.9. The lowest BCUT2D eigenvalue weighted by atomic mass is 10.0. The molecule has 1 amide bonds. The first-order valence-corrected chi connectivity index (χ1v) is 8.28. The summed E-state index contributed by atoms with van der Waals surface area (Å²) in [6.45, 7) is 5.59. The molecule has 0 saturated heterocycles. The molecule has 21 heavy (non-hydrogen) atoms. The van der Waals surface area contributed by atoms with E-state index in [9.17, 15) is 4.79 Å². The molecule has 2 bridgehead atoms. The molecule has 0 aromatic rings. The van der Waals surface area contributed by atoms with Crippen molar-refractivity contribution in [1.82, 2.24) is 4.90 Å². The van der Waals surface area contributed by atoms with Gasteiger partial charge in [0.1, 0.15) is 5.84 Å². The maximum absolute atomic E-state index is 12.9. The van der Waals surface area contributed by atoms with Crippen LogP contribution in [0.4, 0.5) is 0 Å². The fourth-order valence-electron chi connectivity index (χ4n) is 4.90. The van der Waals surface area contributed by atoms with E-state index in [4.69, 9.17) is 10.9 Å². The topological polar surface area (TPSA) is 78.9 Å². The van der Waals surface area contributed by atoms with Gasteiger partial charge in [-0.1, -0.05) is 19.0 Å². The van der Waals surface area contributed by atoms with E-state index in [2.05, 4.69) is 19.0 Å². The van der Waals surface area contributed by atoms with Crippen molar-refractivity contribution in [3.05, 3.63) is 0 Å². The summed E-state index contributed by atoms with van der Waals surface area (Å²) >= 11 is 0. The second-order valence-corrected chi connectivity index (χ2v) is 7.53. The zero-order valence-electron chi connectivity index (χ0n) is 13.0. The number of nitrogens with two attached hydrogens (primary N) is 1. The first-order chi connectivity index (χ1) is 10.0. The van der Waals surface area contributed by atoms with E-state index in [-0.39, 0.29) is 11.8 Å². The minimum absolute atomic E-state index is 0.201. The molecular weight excluding hydrogens is 266 g/mol. The summed E-state index contributed by atoms with van der Waals surface area (Å²) in [5, 5.41) is 11.7. The van der Waals surface area contributed by atoms with Crippen molar-refractivity contribution in [2.75, 3.05) is 13.1 Å². The molecule has 0 heterocycles. The summed E-state index contributed by atoms with van der Waals surface area (Å²) in [7, 11) is 0. The average Bonchev–Trinajstić information content (AvgIpc) is 2.89. The fourth-order valence-corrected chi connectivity index (χ4v) is 4.90. The Morgan fingerprint density at radius 3 is 2.48 bits per heavy atom. The zero-order valence-corrected chi connectivity index (χ0v) is 13.0. The Morgan fingerprint density at radius 1 is 1.33 bits per heavy atom. The molecule has 0 spiro atoms. The molecule has 5 nitrogen and oxygen atoms in total. The van der Waals surface area contributed by atoms with Gasteiger partial charge in [-0.05, 0) is 48.9 Å². The van der Waals surface area contributed by atoms with Crippen molar-refractivity contribution in [2.24, 2.45) is 46.4 Å². The Kier molecular flexibility index (Phi) is 3.84. The highest BCUT2D eigenvalue weighted by Gasteiger charge is 2.67. The first kappa shape index (κ1) is 14.7. The van der Waals surface area contributed by atoms with Gasteiger partial charge >= 0.3 is 0 Å². The molecule has 118 valence electrons. The summed E-state index contributed by atoms with van der Waals surface area (Å²) in [4.78, 5) is 14.8. The summed E-state index contributed by atoms with van der Waals surface area (Å²) in [6, 6.07) is 0. The van der Waals surface area contributed by atoms with E-state index in [0.717, 1.165) is 18.4 Å². The van der Waals surface area contributed by atoms with Crippen LogP contribution in [-0.2, 0) is 4.79 Å². The third-order valence-electron chi connectivity index (χ3n) is 5.68. The van der Waals surface area contributed by atoms with Crippen LogP contribution in [0.1, 0.15) is 39.5 Å².